The van der Waals surface area contributed by atoms with Crippen molar-refractivity contribution in [1.29, 1.82) is 0 Å². The van der Waals surface area contributed by atoms with Gasteiger partial charge in [-0.1, -0.05) is 35.3 Å². The molecule has 0 amide bonds. The zero-order valence-corrected chi connectivity index (χ0v) is 16.3. The lowest BCUT2D eigenvalue weighted by atomic mass is 10.1. The number of benzene rings is 2. The third-order valence-corrected chi connectivity index (χ3v) is 5.90. The van der Waals surface area contributed by atoms with Gasteiger partial charge < -0.3 is 9.67 Å². The molecule has 0 radical (unpaired) electrons. The largest absolute Gasteiger partial charge is 0.478 e. The summed E-state index contributed by atoms with van der Waals surface area (Å²) in [6.07, 6.45) is 4.57. The number of carbonyl (C=O) groups is 1. The molecule has 6 heteroatoms. The lowest BCUT2D eigenvalue weighted by Crippen LogP contribution is -2.18. The smallest absolute Gasteiger partial charge is 0.335 e. The van der Waals surface area contributed by atoms with Crippen LogP contribution in [-0.2, 0) is 13.1 Å². The second kappa shape index (κ2) is 7.55. The molecule has 3 aromatic rings. The van der Waals surface area contributed by atoms with Crippen molar-refractivity contribution >= 4 is 40.1 Å². The highest BCUT2D eigenvalue weighted by Gasteiger charge is 2.18. The van der Waals surface area contributed by atoms with Gasteiger partial charge in [0.25, 0.3) is 0 Å². The molecule has 1 aromatic heterocycles. The number of carboxylic acids is 1. The quantitative estimate of drug-likeness (QED) is 0.630. The van der Waals surface area contributed by atoms with Crippen LogP contribution in [0.2, 0.25) is 10.0 Å². The average Bonchev–Trinajstić information content (AvgIpc) is 3.27. The third kappa shape index (κ3) is 3.70. The molecule has 27 heavy (non-hydrogen) atoms. The van der Waals surface area contributed by atoms with E-state index in [9.17, 15) is 9.90 Å². The number of fused-ring (bicyclic) bond motifs is 1. The second-order valence-corrected chi connectivity index (χ2v) is 7.82. The van der Waals surface area contributed by atoms with E-state index < -0.39 is 5.97 Å². The fourth-order valence-corrected chi connectivity index (χ4v) is 4.31. The van der Waals surface area contributed by atoms with Crippen molar-refractivity contribution in [2.45, 2.75) is 25.9 Å². The Morgan fingerprint density at radius 3 is 2.41 bits per heavy atom. The number of hydrogen-bond donors (Lipinski definition) is 1. The average molecular weight is 403 g/mol. The normalized spacial score (nSPS) is 14.9. The molecule has 0 unspecified atom stereocenters. The molecule has 1 aliphatic heterocycles. The van der Waals surface area contributed by atoms with Crippen LogP contribution in [0.4, 0.5) is 0 Å². The molecule has 4 rings (SSSR count). The van der Waals surface area contributed by atoms with E-state index in [1.807, 2.05) is 24.3 Å². The molecule has 0 spiro atoms. The van der Waals surface area contributed by atoms with Gasteiger partial charge in [-0.05, 0) is 55.8 Å². The van der Waals surface area contributed by atoms with Gasteiger partial charge in [-0.3, -0.25) is 4.90 Å². The Kier molecular flexibility index (Phi) is 5.13. The highest BCUT2D eigenvalue weighted by molar-refractivity contribution is 6.36. The molecule has 0 saturated carbocycles. The second-order valence-electron chi connectivity index (χ2n) is 7.00. The predicted octanol–water partition coefficient (Wildman–Crippen LogP) is 5.29. The summed E-state index contributed by atoms with van der Waals surface area (Å²) in [6, 6.07) is 10.8. The lowest BCUT2D eigenvalue weighted by Gasteiger charge is -2.13. The number of halogens is 2. The van der Waals surface area contributed by atoms with Crippen LogP contribution in [0.15, 0.2) is 42.6 Å². The molecular formula is C21H20Cl2N2O2. The summed E-state index contributed by atoms with van der Waals surface area (Å²) in [5.41, 5.74) is 3.21. The van der Waals surface area contributed by atoms with E-state index in [-0.39, 0.29) is 5.56 Å². The standard InChI is InChI=1S/C21H20Cl2N2O2/c22-18-4-3-5-19(23)17(18)13-25-12-15(11-24-8-1-2-9-24)16-7-6-14(21(26)27)10-20(16)25/h3-7,10,12H,1-2,8-9,11,13H2,(H,26,27). The van der Waals surface area contributed by atoms with Crippen molar-refractivity contribution in [2.75, 3.05) is 13.1 Å². The van der Waals surface area contributed by atoms with Gasteiger partial charge >= 0.3 is 5.97 Å². The summed E-state index contributed by atoms with van der Waals surface area (Å²) >= 11 is 12.7. The molecule has 0 bridgehead atoms. The molecule has 1 saturated heterocycles. The molecule has 1 aliphatic rings. The number of rotatable bonds is 5. The first-order valence-electron chi connectivity index (χ1n) is 9.03. The Morgan fingerprint density at radius 2 is 1.74 bits per heavy atom. The van der Waals surface area contributed by atoms with Crippen LogP contribution < -0.4 is 0 Å². The number of nitrogens with zero attached hydrogens (tertiary/aromatic N) is 2. The van der Waals surface area contributed by atoms with E-state index in [1.54, 1.807) is 12.1 Å². The van der Waals surface area contributed by atoms with Crippen LogP contribution in [0.1, 0.15) is 34.3 Å². The topological polar surface area (TPSA) is 45.5 Å². The van der Waals surface area contributed by atoms with Gasteiger partial charge in [0.1, 0.15) is 0 Å². The minimum absolute atomic E-state index is 0.278. The van der Waals surface area contributed by atoms with E-state index in [0.29, 0.717) is 16.6 Å². The minimum Gasteiger partial charge on any atom is -0.478 e. The number of hydrogen-bond acceptors (Lipinski definition) is 2. The Balaban J connectivity index is 1.79. The Morgan fingerprint density at radius 1 is 1.04 bits per heavy atom. The van der Waals surface area contributed by atoms with Crippen LogP contribution in [0.5, 0.6) is 0 Å². The first-order chi connectivity index (χ1) is 13.0. The number of likely N-dealkylation sites (tertiary alicyclic amines) is 1. The van der Waals surface area contributed by atoms with E-state index >= 15 is 0 Å². The minimum atomic E-state index is -0.929. The predicted molar refractivity (Wildman–Crippen MR) is 109 cm³/mol. The van der Waals surface area contributed by atoms with Gasteiger partial charge in [-0.2, -0.15) is 0 Å². The Bertz CT molecular complexity index is 987. The highest BCUT2D eigenvalue weighted by Crippen LogP contribution is 2.30. The maximum atomic E-state index is 11.4. The maximum Gasteiger partial charge on any atom is 0.335 e. The van der Waals surface area contributed by atoms with Crippen molar-refractivity contribution in [1.82, 2.24) is 9.47 Å². The first kappa shape index (κ1) is 18.4. The zero-order valence-electron chi connectivity index (χ0n) is 14.8. The van der Waals surface area contributed by atoms with E-state index in [4.69, 9.17) is 23.2 Å². The van der Waals surface area contributed by atoms with Gasteiger partial charge in [0.05, 0.1) is 12.1 Å². The number of aromatic carboxylic acids is 1. The highest BCUT2D eigenvalue weighted by atomic mass is 35.5. The van der Waals surface area contributed by atoms with Gasteiger partial charge in [-0.15, -0.1) is 0 Å². The van der Waals surface area contributed by atoms with Gasteiger partial charge in [0, 0.05) is 39.3 Å². The van der Waals surface area contributed by atoms with Crippen LogP contribution in [-0.4, -0.2) is 33.6 Å². The monoisotopic (exact) mass is 402 g/mol. The summed E-state index contributed by atoms with van der Waals surface area (Å²) in [7, 11) is 0. The van der Waals surface area contributed by atoms with Crippen molar-refractivity contribution in [2.24, 2.45) is 0 Å². The number of aromatic nitrogens is 1. The van der Waals surface area contributed by atoms with E-state index in [1.165, 1.54) is 18.4 Å². The Hall–Kier alpha value is -2.01. The molecule has 2 aromatic carbocycles. The van der Waals surface area contributed by atoms with Gasteiger partial charge in [0.2, 0.25) is 0 Å². The van der Waals surface area contributed by atoms with Crippen molar-refractivity contribution in [3.63, 3.8) is 0 Å². The van der Waals surface area contributed by atoms with Gasteiger partial charge in [0.15, 0.2) is 0 Å². The summed E-state index contributed by atoms with van der Waals surface area (Å²) in [6.45, 7) is 3.58. The van der Waals surface area contributed by atoms with E-state index in [2.05, 4.69) is 15.7 Å². The molecule has 1 N–H and O–H groups in total. The molecule has 2 heterocycles. The SMILES string of the molecule is O=C(O)c1ccc2c(CN3CCCC3)cn(Cc3c(Cl)cccc3Cl)c2c1. The molecule has 0 aliphatic carbocycles. The Labute approximate surface area is 167 Å². The number of carboxylic acid groups (broad SMARTS) is 1. The van der Waals surface area contributed by atoms with Crippen molar-refractivity contribution in [3.8, 4) is 0 Å². The van der Waals surface area contributed by atoms with Crippen molar-refractivity contribution in [3.05, 3.63) is 69.3 Å². The van der Waals surface area contributed by atoms with Gasteiger partial charge in [-0.25, -0.2) is 4.79 Å². The van der Waals surface area contributed by atoms with Crippen LogP contribution >= 0.6 is 23.2 Å². The molecule has 0 atom stereocenters. The molecular weight excluding hydrogens is 383 g/mol. The summed E-state index contributed by atoms with van der Waals surface area (Å²) < 4.78 is 2.06. The molecule has 1 fully saturated rings. The van der Waals surface area contributed by atoms with Crippen LogP contribution in [0.3, 0.4) is 0 Å². The van der Waals surface area contributed by atoms with E-state index in [0.717, 1.165) is 36.1 Å². The molecule has 140 valence electrons. The summed E-state index contributed by atoms with van der Waals surface area (Å²) in [5.74, 6) is -0.929. The summed E-state index contributed by atoms with van der Waals surface area (Å²) in [5, 5.41) is 11.7. The molecule has 4 nitrogen and oxygen atoms in total. The first-order valence-corrected chi connectivity index (χ1v) is 9.79. The fraction of sp³-hybridized carbons (Fsp3) is 0.286. The van der Waals surface area contributed by atoms with Crippen LogP contribution in [0, 0.1) is 0 Å². The zero-order chi connectivity index (χ0) is 19.0. The lowest BCUT2D eigenvalue weighted by molar-refractivity contribution is 0.0697. The van der Waals surface area contributed by atoms with Crippen molar-refractivity contribution < 1.29 is 9.90 Å². The maximum absolute atomic E-state index is 11.4. The third-order valence-electron chi connectivity index (χ3n) is 5.19. The van der Waals surface area contributed by atoms with Crippen LogP contribution in [0.25, 0.3) is 10.9 Å². The fourth-order valence-electron chi connectivity index (χ4n) is 3.79. The summed E-state index contributed by atoms with van der Waals surface area (Å²) in [4.78, 5) is 13.9.